The van der Waals surface area contributed by atoms with Crippen LogP contribution in [0.2, 0.25) is 5.02 Å². The zero-order valence-electron chi connectivity index (χ0n) is 12.6. The monoisotopic (exact) mass is 365 g/mol. The smallest absolute Gasteiger partial charge is 0.0480 e. The highest BCUT2D eigenvalue weighted by Crippen LogP contribution is 2.26. The molecular weight excluding hydrogens is 346 g/mol. The summed E-state index contributed by atoms with van der Waals surface area (Å²) in [6, 6.07) is 8.34. The van der Waals surface area contributed by atoms with E-state index in [1.165, 1.54) is 22.4 Å². The van der Waals surface area contributed by atoms with Gasteiger partial charge in [-0.15, -0.1) is 13.2 Å². The van der Waals surface area contributed by atoms with Gasteiger partial charge in [0.1, 0.15) is 0 Å². The molecule has 0 unspecified atom stereocenters. The molecule has 21 heavy (non-hydrogen) atoms. The van der Waals surface area contributed by atoms with E-state index in [1.807, 2.05) is 26.1 Å². The van der Waals surface area contributed by atoms with Crippen LogP contribution in [0.15, 0.2) is 48.1 Å². The third-order valence-corrected chi connectivity index (χ3v) is 3.89. The number of halogens is 2. The molecule has 0 fully saturated rings. The zero-order chi connectivity index (χ0) is 15.8. The Morgan fingerprint density at radius 1 is 1.05 bits per heavy atom. The molecule has 0 bridgehead atoms. The summed E-state index contributed by atoms with van der Waals surface area (Å²) in [5, 5.41) is 0.823. The summed E-state index contributed by atoms with van der Waals surface area (Å²) in [6.45, 7) is 10.0. The van der Waals surface area contributed by atoms with E-state index in [9.17, 15) is 0 Å². The molecule has 1 aromatic heterocycles. The predicted molar refractivity (Wildman–Crippen MR) is 96.2 cm³/mol. The predicted octanol–water partition coefficient (Wildman–Crippen LogP) is 6.02. The van der Waals surface area contributed by atoms with Crippen molar-refractivity contribution in [3.63, 3.8) is 0 Å². The lowest BCUT2D eigenvalue weighted by Gasteiger charge is -2.05. The van der Waals surface area contributed by atoms with Gasteiger partial charge in [-0.05, 0) is 63.7 Å². The highest BCUT2D eigenvalue weighted by atomic mass is 79.9. The first-order valence-electron chi connectivity index (χ1n) is 7.13. The maximum atomic E-state index is 6.04. The Kier molecular flexibility index (Phi) is 7.69. The first-order valence-corrected chi connectivity index (χ1v) is 8.30. The number of fused-ring (bicyclic) bond motifs is 2. The zero-order valence-corrected chi connectivity index (χ0v) is 15.0. The van der Waals surface area contributed by atoms with Gasteiger partial charge in [-0.3, -0.25) is 4.98 Å². The normalized spacial score (nSPS) is 11.6. The fourth-order valence-electron chi connectivity index (χ4n) is 2.33. The third kappa shape index (κ3) is 4.69. The molecule has 1 aromatic carbocycles. The summed E-state index contributed by atoms with van der Waals surface area (Å²) in [6.07, 6.45) is 4.87. The van der Waals surface area contributed by atoms with Crippen LogP contribution < -0.4 is 0 Å². The Morgan fingerprint density at radius 3 is 2.43 bits per heavy atom. The van der Waals surface area contributed by atoms with Gasteiger partial charge in [-0.2, -0.15) is 0 Å². The van der Waals surface area contributed by atoms with Crippen molar-refractivity contribution < 1.29 is 0 Å². The van der Waals surface area contributed by atoms with Crippen LogP contribution in [0.25, 0.3) is 0 Å². The summed E-state index contributed by atoms with van der Waals surface area (Å²) in [7, 11) is 0. The Bertz CT molecular complexity index is 544. The largest absolute Gasteiger partial charge is 0.259 e. The lowest BCUT2D eigenvalue weighted by molar-refractivity contribution is 0.949. The molecule has 0 saturated heterocycles. The van der Waals surface area contributed by atoms with Crippen LogP contribution in [-0.2, 0) is 19.3 Å². The van der Waals surface area contributed by atoms with Crippen molar-refractivity contribution in [3.05, 3.63) is 75.5 Å². The number of pyridine rings is 1. The van der Waals surface area contributed by atoms with Crippen molar-refractivity contribution in [3.8, 4) is 0 Å². The van der Waals surface area contributed by atoms with Crippen LogP contribution in [0.1, 0.15) is 36.2 Å². The summed E-state index contributed by atoms with van der Waals surface area (Å²) in [5.41, 5.74) is 5.23. The first kappa shape index (κ1) is 17.9. The van der Waals surface area contributed by atoms with Crippen molar-refractivity contribution in [2.24, 2.45) is 0 Å². The molecule has 112 valence electrons. The second-order valence-electron chi connectivity index (χ2n) is 4.35. The molecule has 0 saturated carbocycles. The van der Waals surface area contributed by atoms with Gasteiger partial charge in [0, 0.05) is 27.8 Å². The molecule has 0 N–H and O–H groups in total. The Labute approximate surface area is 141 Å². The number of nitrogens with zero attached hydrogens (tertiary/aromatic N) is 1. The Balaban J connectivity index is 0.000000510. The molecule has 1 heterocycles. The van der Waals surface area contributed by atoms with Crippen molar-refractivity contribution in [1.82, 2.24) is 4.98 Å². The molecule has 2 aromatic rings. The van der Waals surface area contributed by atoms with Gasteiger partial charge in [0.05, 0.1) is 0 Å². The number of hydrogen-bond donors (Lipinski definition) is 0. The van der Waals surface area contributed by atoms with Gasteiger partial charge in [0.15, 0.2) is 0 Å². The summed E-state index contributed by atoms with van der Waals surface area (Å²) < 4.78 is 1.06. The molecule has 1 aliphatic carbocycles. The summed E-state index contributed by atoms with van der Waals surface area (Å²) in [5.74, 6) is 0. The van der Waals surface area contributed by atoms with Gasteiger partial charge < -0.3 is 0 Å². The van der Waals surface area contributed by atoms with E-state index in [-0.39, 0.29) is 0 Å². The maximum Gasteiger partial charge on any atom is 0.0480 e. The molecule has 1 aliphatic rings. The van der Waals surface area contributed by atoms with E-state index in [0.29, 0.717) is 0 Å². The molecular formula is C18H21BrClN. The Hall–Kier alpha value is -1.12. The topological polar surface area (TPSA) is 12.9 Å². The quantitative estimate of drug-likeness (QED) is 0.520. The third-order valence-electron chi connectivity index (χ3n) is 3.22. The number of hydrogen-bond acceptors (Lipinski definition) is 1. The minimum Gasteiger partial charge on any atom is -0.259 e. The lowest BCUT2D eigenvalue weighted by Crippen LogP contribution is -1.96. The van der Waals surface area contributed by atoms with Gasteiger partial charge in [0.25, 0.3) is 0 Å². The number of benzene rings is 1. The van der Waals surface area contributed by atoms with Gasteiger partial charge in [-0.1, -0.05) is 31.5 Å². The average Bonchev–Trinajstić information content (AvgIpc) is 2.70. The van der Waals surface area contributed by atoms with Crippen molar-refractivity contribution >= 4 is 27.5 Å². The van der Waals surface area contributed by atoms with E-state index in [2.05, 4.69) is 52.3 Å². The minimum absolute atomic E-state index is 0.823. The van der Waals surface area contributed by atoms with Crippen LogP contribution in [0.4, 0.5) is 0 Å². The van der Waals surface area contributed by atoms with Gasteiger partial charge >= 0.3 is 0 Å². The molecule has 0 aliphatic heterocycles. The molecule has 3 rings (SSSR count). The number of rotatable bonds is 0. The van der Waals surface area contributed by atoms with Crippen LogP contribution >= 0.6 is 27.5 Å². The molecule has 0 amide bonds. The molecule has 0 spiro atoms. The van der Waals surface area contributed by atoms with Crippen LogP contribution in [0, 0.1) is 0 Å². The molecule has 1 nitrogen and oxygen atoms in total. The number of aromatic nitrogens is 1. The van der Waals surface area contributed by atoms with E-state index in [0.717, 1.165) is 28.8 Å². The van der Waals surface area contributed by atoms with E-state index in [4.69, 9.17) is 11.6 Å². The summed E-state index contributed by atoms with van der Waals surface area (Å²) in [4.78, 5) is 4.52. The van der Waals surface area contributed by atoms with Gasteiger partial charge in [-0.25, -0.2) is 0 Å². The van der Waals surface area contributed by atoms with Gasteiger partial charge in [0.2, 0.25) is 0 Å². The van der Waals surface area contributed by atoms with Crippen molar-refractivity contribution in [2.75, 3.05) is 0 Å². The second kappa shape index (κ2) is 9.01. The fraction of sp³-hybridized carbons (Fsp3) is 0.278. The standard InChI is InChI=1S/C14H11BrClN.C2H6.C2H4/c15-12-5-11-2-1-9-6-13(16)4-3-10(9)7-14(11)17-8-12;2*1-2/h3-6,8H,1-2,7H2;1-2H3;1-2H2. The maximum absolute atomic E-state index is 6.04. The summed E-state index contributed by atoms with van der Waals surface area (Å²) >= 11 is 9.52. The highest BCUT2D eigenvalue weighted by molar-refractivity contribution is 9.10. The first-order chi connectivity index (χ1) is 10.2. The lowest BCUT2D eigenvalue weighted by atomic mass is 10.0. The average molecular weight is 367 g/mol. The Morgan fingerprint density at radius 2 is 1.71 bits per heavy atom. The van der Waals surface area contributed by atoms with Crippen LogP contribution in [0.5, 0.6) is 0 Å². The number of aryl methyl sites for hydroxylation is 2. The van der Waals surface area contributed by atoms with Crippen LogP contribution in [0.3, 0.4) is 0 Å². The molecule has 3 heteroatoms. The molecule has 0 atom stereocenters. The van der Waals surface area contributed by atoms with Crippen molar-refractivity contribution in [1.29, 1.82) is 0 Å². The van der Waals surface area contributed by atoms with Crippen LogP contribution in [-0.4, -0.2) is 4.98 Å². The van der Waals surface area contributed by atoms with Crippen molar-refractivity contribution in [2.45, 2.75) is 33.1 Å². The minimum atomic E-state index is 0.823. The molecule has 0 radical (unpaired) electrons. The fourth-order valence-corrected chi connectivity index (χ4v) is 2.91. The SMILES string of the molecule is C=C.CC.Clc1ccc2c(c1)CCc1cc(Br)cnc1C2. The van der Waals surface area contributed by atoms with E-state index in [1.54, 1.807) is 0 Å². The highest BCUT2D eigenvalue weighted by Gasteiger charge is 2.14. The second-order valence-corrected chi connectivity index (χ2v) is 5.70. The van der Waals surface area contributed by atoms with E-state index >= 15 is 0 Å². The van der Waals surface area contributed by atoms with E-state index < -0.39 is 0 Å².